The molecule has 4 rings (SSSR count). The minimum atomic E-state index is -0.218. The van der Waals surface area contributed by atoms with E-state index in [1.54, 1.807) is 6.07 Å². The van der Waals surface area contributed by atoms with E-state index in [-0.39, 0.29) is 11.8 Å². The number of carbonyl (C=O) groups excluding carboxylic acids is 2. The molecule has 0 saturated carbocycles. The number of hydrogen-bond donors (Lipinski definition) is 2. The molecule has 6 heteroatoms. The quantitative estimate of drug-likeness (QED) is 0.438. The molecule has 0 bridgehead atoms. The molecule has 0 saturated heterocycles. The van der Waals surface area contributed by atoms with Gasteiger partial charge >= 0.3 is 0 Å². The average Bonchev–Trinajstić information content (AvgIpc) is 3.12. The Balaban J connectivity index is 1.68. The molecule has 3 aromatic rings. The van der Waals surface area contributed by atoms with Crippen LogP contribution in [0.15, 0.2) is 53.0 Å². The van der Waals surface area contributed by atoms with Crippen LogP contribution in [0.25, 0.3) is 0 Å². The first-order chi connectivity index (χ1) is 14.6. The predicted octanol–water partition coefficient (Wildman–Crippen LogP) is 6.46. The highest BCUT2D eigenvalue weighted by molar-refractivity contribution is 9.10. The molecule has 2 amide bonds. The van der Waals surface area contributed by atoms with E-state index in [9.17, 15) is 9.59 Å². The van der Waals surface area contributed by atoms with E-state index in [0.717, 1.165) is 53.4 Å². The average molecular weight is 483 g/mol. The van der Waals surface area contributed by atoms with Gasteiger partial charge in [-0.3, -0.25) is 9.59 Å². The van der Waals surface area contributed by atoms with E-state index in [0.29, 0.717) is 16.1 Å². The largest absolute Gasteiger partial charge is 0.322 e. The van der Waals surface area contributed by atoms with Crippen LogP contribution in [0.3, 0.4) is 0 Å². The van der Waals surface area contributed by atoms with Crippen LogP contribution in [-0.2, 0) is 19.3 Å². The molecule has 1 aromatic heterocycles. The van der Waals surface area contributed by atoms with E-state index in [1.807, 2.05) is 42.5 Å². The number of anilines is 2. The van der Waals surface area contributed by atoms with Gasteiger partial charge in [0.2, 0.25) is 0 Å². The van der Waals surface area contributed by atoms with Gasteiger partial charge in [0.25, 0.3) is 11.8 Å². The molecule has 1 heterocycles. The molecule has 0 atom stereocenters. The smallest absolute Gasteiger partial charge is 0.258 e. The maximum atomic E-state index is 13.4. The van der Waals surface area contributed by atoms with Crippen LogP contribution in [0.5, 0.6) is 0 Å². The minimum absolute atomic E-state index is 0.155. The number of nitrogens with one attached hydrogen (secondary N) is 2. The Kier molecular flexibility index (Phi) is 6.35. The van der Waals surface area contributed by atoms with E-state index >= 15 is 0 Å². The van der Waals surface area contributed by atoms with Gasteiger partial charge < -0.3 is 10.6 Å². The van der Waals surface area contributed by atoms with E-state index in [4.69, 9.17) is 0 Å². The highest BCUT2D eigenvalue weighted by Gasteiger charge is 2.27. The molecule has 30 heavy (non-hydrogen) atoms. The van der Waals surface area contributed by atoms with Crippen molar-refractivity contribution in [1.82, 2.24) is 0 Å². The normalized spacial score (nSPS) is 12.9. The first-order valence-electron chi connectivity index (χ1n) is 10.2. The monoisotopic (exact) mass is 482 g/mol. The van der Waals surface area contributed by atoms with Gasteiger partial charge in [0.1, 0.15) is 5.00 Å². The predicted molar refractivity (Wildman–Crippen MR) is 127 cm³/mol. The van der Waals surface area contributed by atoms with Crippen LogP contribution >= 0.6 is 27.3 Å². The lowest BCUT2D eigenvalue weighted by molar-refractivity contribution is 0.102. The summed E-state index contributed by atoms with van der Waals surface area (Å²) in [5.41, 5.74) is 4.16. The summed E-state index contributed by atoms with van der Waals surface area (Å²) in [6, 6.07) is 15.2. The van der Waals surface area contributed by atoms with Crippen molar-refractivity contribution >= 4 is 49.8 Å². The Morgan fingerprint density at radius 3 is 2.50 bits per heavy atom. The van der Waals surface area contributed by atoms with Crippen molar-refractivity contribution in [3.8, 4) is 0 Å². The summed E-state index contributed by atoms with van der Waals surface area (Å²) >= 11 is 4.97. The van der Waals surface area contributed by atoms with Crippen LogP contribution in [-0.4, -0.2) is 11.8 Å². The van der Waals surface area contributed by atoms with Crippen LogP contribution in [0, 0.1) is 0 Å². The van der Waals surface area contributed by atoms with Gasteiger partial charge in [-0.05, 0) is 77.4 Å². The zero-order valence-corrected chi connectivity index (χ0v) is 19.2. The van der Waals surface area contributed by atoms with Crippen molar-refractivity contribution in [3.63, 3.8) is 0 Å². The third kappa shape index (κ3) is 4.20. The molecular weight excluding hydrogens is 460 g/mol. The van der Waals surface area contributed by atoms with Gasteiger partial charge in [-0.2, -0.15) is 0 Å². The molecule has 2 N–H and O–H groups in total. The Bertz CT molecular complexity index is 1110. The first-order valence-corrected chi connectivity index (χ1v) is 11.8. The van der Waals surface area contributed by atoms with E-state index in [2.05, 4.69) is 33.5 Å². The second-order valence-electron chi connectivity index (χ2n) is 7.31. The number of aryl methyl sites for hydroxylation is 2. The molecule has 2 aromatic carbocycles. The van der Waals surface area contributed by atoms with Crippen LogP contribution in [0.1, 0.15) is 56.5 Å². The topological polar surface area (TPSA) is 58.2 Å². The highest BCUT2D eigenvalue weighted by Crippen LogP contribution is 2.39. The fourth-order valence-corrected chi connectivity index (χ4v) is 5.59. The maximum absolute atomic E-state index is 13.4. The number of halogens is 1. The van der Waals surface area contributed by atoms with Crippen LogP contribution < -0.4 is 10.6 Å². The number of hydrogen-bond acceptors (Lipinski definition) is 3. The Morgan fingerprint density at radius 2 is 1.70 bits per heavy atom. The zero-order chi connectivity index (χ0) is 21.1. The molecule has 0 radical (unpaired) electrons. The summed E-state index contributed by atoms with van der Waals surface area (Å²) in [5.74, 6) is -0.373. The lowest BCUT2D eigenvalue weighted by atomic mass is 9.95. The zero-order valence-electron chi connectivity index (χ0n) is 16.8. The van der Waals surface area contributed by atoms with Crippen molar-refractivity contribution in [2.75, 3.05) is 10.6 Å². The highest BCUT2D eigenvalue weighted by atomic mass is 79.9. The Morgan fingerprint density at radius 1 is 0.967 bits per heavy atom. The number of thiophene rings is 1. The van der Waals surface area contributed by atoms with Crippen molar-refractivity contribution in [1.29, 1.82) is 0 Å². The number of carbonyl (C=O) groups is 2. The lowest BCUT2D eigenvalue weighted by Gasteiger charge is -2.14. The van der Waals surface area contributed by atoms with Gasteiger partial charge in [0, 0.05) is 15.0 Å². The third-order valence-electron chi connectivity index (χ3n) is 5.39. The van der Waals surface area contributed by atoms with Gasteiger partial charge in [-0.25, -0.2) is 0 Å². The van der Waals surface area contributed by atoms with Crippen molar-refractivity contribution < 1.29 is 9.59 Å². The fraction of sp³-hybridized carbons (Fsp3) is 0.250. The molecule has 0 unspecified atom stereocenters. The molecular formula is C24H23BrN2O2S. The van der Waals surface area contributed by atoms with Gasteiger partial charge in [-0.1, -0.05) is 37.3 Å². The van der Waals surface area contributed by atoms with Gasteiger partial charge in [0.15, 0.2) is 0 Å². The third-order valence-corrected chi connectivity index (χ3v) is 7.29. The molecule has 154 valence electrons. The number of para-hydroxylation sites is 1. The molecule has 4 nitrogen and oxygen atoms in total. The summed E-state index contributed by atoms with van der Waals surface area (Å²) in [6.45, 7) is 2.07. The summed E-state index contributed by atoms with van der Waals surface area (Å²) in [4.78, 5) is 27.5. The van der Waals surface area contributed by atoms with E-state index < -0.39 is 0 Å². The molecule has 1 aliphatic carbocycles. The summed E-state index contributed by atoms with van der Waals surface area (Å²) in [6.07, 6.45) is 4.84. The van der Waals surface area contributed by atoms with E-state index in [1.165, 1.54) is 16.2 Å². The molecule has 1 aliphatic rings. The van der Waals surface area contributed by atoms with Gasteiger partial charge in [-0.15, -0.1) is 11.3 Å². The number of fused-ring (bicyclic) bond motifs is 1. The SMILES string of the molecule is CCc1ccccc1NC(=O)c1c(NC(=O)c2ccccc2Br)sc2c1CCCC2. The first kappa shape index (κ1) is 20.8. The summed E-state index contributed by atoms with van der Waals surface area (Å²) < 4.78 is 0.728. The number of benzene rings is 2. The number of amides is 2. The minimum Gasteiger partial charge on any atom is -0.322 e. The maximum Gasteiger partial charge on any atom is 0.258 e. The standard InChI is InChI=1S/C24H23BrN2O2S/c1-2-15-9-3-7-13-19(15)26-23(29)21-17-11-5-8-14-20(17)30-24(21)27-22(28)16-10-4-6-12-18(16)25/h3-4,6-7,9-10,12-13H,2,5,8,11,14H2,1H3,(H,26,29)(H,27,28). The van der Waals surface area contributed by atoms with Crippen LogP contribution in [0.4, 0.5) is 10.7 Å². The summed E-state index contributed by atoms with van der Waals surface area (Å²) in [7, 11) is 0. The van der Waals surface area contributed by atoms with Crippen molar-refractivity contribution in [3.05, 3.63) is 80.1 Å². The van der Waals surface area contributed by atoms with Crippen LogP contribution in [0.2, 0.25) is 0 Å². The second-order valence-corrected chi connectivity index (χ2v) is 9.27. The fourth-order valence-electron chi connectivity index (χ4n) is 3.85. The Hall–Kier alpha value is -2.44. The molecule has 0 fully saturated rings. The second kappa shape index (κ2) is 9.14. The van der Waals surface area contributed by atoms with Crippen molar-refractivity contribution in [2.45, 2.75) is 39.0 Å². The lowest BCUT2D eigenvalue weighted by Crippen LogP contribution is -2.19. The number of rotatable bonds is 5. The van der Waals surface area contributed by atoms with Gasteiger partial charge in [0.05, 0.1) is 11.1 Å². The summed E-state index contributed by atoms with van der Waals surface area (Å²) in [5, 5.41) is 6.73. The Labute approximate surface area is 188 Å². The molecule has 0 spiro atoms. The van der Waals surface area contributed by atoms with Crippen molar-refractivity contribution in [2.24, 2.45) is 0 Å². The molecule has 0 aliphatic heterocycles.